The maximum absolute atomic E-state index is 12.9. The van der Waals surface area contributed by atoms with Crippen molar-refractivity contribution in [1.82, 2.24) is 19.8 Å². The van der Waals surface area contributed by atoms with Crippen LogP contribution in [0.2, 0.25) is 0 Å². The van der Waals surface area contributed by atoms with Gasteiger partial charge in [-0.15, -0.1) is 0 Å². The number of nitrogens with zero attached hydrogens (tertiary/aromatic N) is 3. The molecule has 0 radical (unpaired) electrons. The number of unbranched alkanes of at least 4 members (excludes halogenated alkanes) is 1. The van der Waals surface area contributed by atoms with Gasteiger partial charge in [-0.25, -0.2) is 4.98 Å². The number of benzene rings is 1. The number of thioether (sulfide) groups is 1. The van der Waals surface area contributed by atoms with Crippen molar-refractivity contribution in [2.75, 3.05) is 38.6 Å². The highest BCUT2D eigenvalue weighted by atomic mass is 32.2. The fourth-order valence-corrected chi connectivity index (χ4v) is 4.40. The Morgan fingerprint density at radius 3 is 2.73 bits per heavy atom. The van der Waals surface area contributed by atoms with Crippen LogP contribution in [0.4, 0.5) is 0 Å². The van der Waals surface area contributed by atoms with Gasteiger partial charge in [-0.1, -0.05) is 37.2 Å². The Morgan fingerprint density at radius 1 is 1.27 bits per heavy atom. The molecule has 2 heterocycles. The third kappa shape index (κ3) is 5.62. The second-order valence-electron chi connectivity index (χ2n) is 8.20. The summed E-state index contributed by atoms with van der Waals surface area (Å²) in [6.07, 6.45) is 1.88. The minimum Gasteiger partial charge on any atom is -0.379 e. The van der Waals surface area contributed by atoms with Gasteiger partial charge in [0.15, 0.2) is 5.16 Å². The zero-order valence-electron chi connectivity index (χ0n) is 18.1. The fourth-order valence-electron chi connectivity index (χ4n) is 3.55. The molecule has 30 heavy (non-hydrogen) atoms. The van der Waals surface area contributed by atoms with Gasteiger partial charge in [-0.2, -0.15) is 0 Å². The van der Waals surface area contributed by atoms with Gasteiger partial charge in [-0.3, -0.25) is 19.1 Å². The molecule has 3 rings (SSSR count). The van der Waals surface area contributed by atoms with Gasteiger partial charge in [0.1, 0.15) is 0 Å². The minimum atomic E-state index is -0.130. The Bertz CT molecular complexity index is 922. The Hall–Kier alpha value is -1.90. The van der Waals surface area contributed by atoms with Crippen LogP contribution in [0.15, 0.2) is 34.2 Å². The van der Waals surface area contributed by atoms with Crippen LogP contribution >= 0.6 is 11.8 Å². The molecule has 0 unspecified atom stereocenters. The zero-order valence-corrected chi connectivity index (χ0v) is 19.0. The first kappa shape index (κ1) is 22.8. The summed E-state index contributed by atoms with van der Waals surface area (Å²) >= 11 is 1.33. The number of morpholine rings is 1. The second-order valence-corrected chi connectivity index (χ2v) is 9.14. The predicted octanol–water partition coefficient (Wildman–Crippen LogP) is 2.52. The number of rotatable bonds is 9. The fraction of sp³-hybridized carbons (Fsp3) is 0.591. The van der Waals surface area contributed by atoms with E-state index in [0.29, 0.717) is 29.1 Å². The molecular formula is C22H32N4O3S. The molecule has 0 bridgehead atoms. The van der Waals surface area contributed by atoms with Crippen LogP contribution in [0.5, 0.6) is 0 Å². The molecule has 0 spiro atoms. The van der Waals surface area contributed by atoms with Crippen molar-refractivity contribution in [3.8, 4) is 0 Å². The van der Waals surface area contributed by atoms with Gasteiger partial charge in [0.05, 0.1) is 29.9 Å². The quantitative estimate of drug-likeness (QED) is 0.485. The second kappa shape index (κ2) is 10.4. The molecule has 1 N–H and O–H groups in total. The summed E-state index contributed by atoms with van der Waals surface area (Å²) in [6.45, 7) is 10.8. The standard InChI is InChI=1S/C22H32N4O3S/c1-4-5-10-26-20(28)17-8-6-7-9-18(17)24-21(26)30-15-19(27)23-16-22(2,3)25-11-13-29-14-12-25/h6-9H,4-5,10-16H2,1-3H3,(H,23,27). The Labute approximate surface area is 182 Å². The van der Waals surface area contributed by atoms with Crippen LogP contribution in [0.3, 0.4) is 0 Å². The third-order valence-electron chi connectivity index (χ3n) is 5.48. The first-order valence-electron chi connectivity index (χ1n) is 10.6. The number of hydrogen-bond acceptors (Lipinski definition) is 6. The van der Waals surface area contributed by atoms with Gasteiger partial charge in [0, 0.05) is 31.7 Å². The van der Waals surface area contributed by atoms with Crippen LogP contribution in [-0.2, 0) is 16.1 Å². The summed E-state index contributed by atoms with van der Waals surface area (Å²) in [5.74, 6) is 0.182. The third-order valence-corrected chi connectivity index (χ3v) is 6.46. The SMILES string of the molecule is CCCCn1c(SCC(=O)NCC(C)(C)N2CCOCC2)nc2ccccc2c1=O. The molecule has 0 atom stereocenters. The number of carbonyl (C=O) groups excluding carboxylic acids is 1. The number of aromatic nitrogens is 2. The van der Waals surface area contributed by atoms with E-state index >= 15 is 0 Å². The van der Waals surface area contributed by atoms with E-state index < -0.39 is 0 Å². The number of para-hydroxylation sites is 1. The van der Waals surface area contributed by atoms with E-state index in [1.165, 1.54) is 11.8 Å². The van der Waals surface area contributed by atoms with Gasteiger partial charge >= 0.3 is 0 Å². The molecule has 1 saturated heterocycles. The van der Waals surface area contributed by atoms with Crippen molar-refractivity contribution < 1.29 is 9.53 Å². The molecule has 1 aliphatic rings. The number of carbonyl (C=O) groups is 1. The first-order valence-corrected chi connectivity index (χ1v) is 11.6. The van der Waals surface area contributed by atoms with E-state index in [9.17, 15) is 9.59 Å². The van der Waals surface area contributed by atoms with Gasteiger partial charge in [0.2, 0.25) is 5.91 Å². The summed E-state index contributed by atoms with van der Waals surface area (Å²) in [5.41, 5.74) is 0.506. The average molecular weight is 433 g/mol. The molecule has 7 nitrogen and oxygen atoms in total. The predicted molar refractivity (Wildman–Crippen MR) is 121 cm³/mol. The molecule has 1 fully saturated rings. The summed E-state index contributed by atoms with van der Waals surface area (Å²) in [6, 6.07) is 7.38. The molecular weight excluding hydrogens is 400 g/mol. The summed E-state index contributed by atoms with van der Waals surface area (Å²) < 4.78 is 7.13. The smallest absolute Gasteiger partial charge is 0.262 e. The van der Waals surface area contributed by atoms with Gasteiger partial charge < -0.3 is 10.1 Å². The summed E-state index contributed by atoms with van der Waals surface area (Å²) in [7, 11) is 0. The van der Waals surface area contributed by atoms with E-state index in [-0.39, 0.29) is 22.8 Å². The number of ether oxygens (including phenoxy) is 1. The Balaban J connectivity index is 1.65. The maximum Gasteiger partial charge on any atom is 0.262 e. The van der Waals surface area contributed by atoms with Crippen LogP contribution < -0.4 is 10.9 Å². The highest BCUT2D eigenvalue weighted by Gasteiger charge is 2.28. The number of nitrogens with one attached hydrogen (secondary N) is 1. The number of amides is 1. The topological polar surface area (TPSA) is 76.5 Å². The molecule has 1 aliphatic heterocycles. The van der Waals surface area contributed by atoms with E-state index in [1.54, 1.807) is 4.57 Å². The van der Waals surface area contributed by atoms with Crippen molar-refractivity contribution in [3.63, 3.8) is 0 Å². The monoisotopic (exact) mass is 432 g/mol. The van der Waals surface area contributed by atoms with Crippen LogP contribution in [0, 0.1) is 0 Å². The van der Waals surface area contributed by atoms with E-state index in [2.05, 4.69) is 36.0 Å². The Kier molecular flexibility index (Phi) is 7.91. The molecule has 0 saturated carbocycles. The molecule has 164 valence electrons. The highest BCUT2D eigenvalue weighted by molar-refractivity contribution is 7.99. The molecule has 0 aliphatic carbocycles. The Morgan fingerprint density at radius 2 is 2.00 bits per heavy atom. The van der Waals surface area contributed by atoms with Crippen molar-refractivity contribution in [1.29, 1.82) is 0 Å². The van der Waals surface area contributed by atoms with E-state index in [0.717, 1.165) is 39.1 Å². The lowest BCUT2D eigenvalue weighted by Crippen LogP contribution is -2.55. The van der Waals surface area contributed by atoms with Gasteiger partial charge in [0.25, 0.3) is 5.56 Å². The normalized spacial score (nSPS) is 15.4. The lowest BCUT2D eigenvalue weighted by atomic mass is 10.0. The minimum absolute atomic E-state index is 0.0367. The number of hydrogen-bond donors (Lipinski definition) is 1. The zero-order chi connectivity index (χ0) is 21.6. The summed E-state index contributed by atoms with van der Waals surface area (Å²) in [5, 5.41) is 4.27. The van der Waals surface area contributed by atoms with E-state index in [4.69, 9.17) is 4.74 Å². The average Bonchev–Trinajstić information content (AvgIpc) is 2.76. The largest absolute Gasteiger partial charge is 0.379 e. The number of fused-ring (bicyclic) bond motifs is 1. The van der Waals surface area contributed by atoms with Crippen molar-refractivity contribution in [3.05, 3.63) is 34.6 Å². The highest BCUT2D eigenvalue weighted by Crippen LogP contribution is 2.19. The maximum atomic E-state index is 12.9. The molecule has 1 aromatic carbocycles. The molecule has 8 heteroatoms. The van der Waals surface area contributed by atoms with Crippen molar-refractivity contribution in [2.45, 2.75) is 50.9 Å². The van der Waals surface area contributed by atoms with Crippen molar-refractivity contribution >= 4 is 28.6 Å². The molecule has 1 aromatic heterocycles. The molecule has 2 aromatic rings. The van der Waals surface area contributed by atoms with Crippen LogP contribution in [-0.4, -0.2) is 64.5 Å². The van der Waals surface area contributed by atoms with Gasteiger partial charge in [-0.05, 0) is 32.4 Å². The summed E-state index contributed by atoms with van der Waals surface area (Å²) in [4.78, 5) is 32.5. The van der Waals surface area contributed by atoms with E-state index in [1.807, 2.05) is 24.3 Å². The first-order chi connectivity index (χ1) is 14.4. The molecule has 1 amide bonds. The lowest BCUT2D eigenvalue weighted by molar-refractivity contribution is -0.119. The van der Waals surface area contributed by atoms with Crippen LogP contribution in [0.1, 0.15) is 33.6 Å². The lowest BCUT2D eigenvalue weighted by Gasteiger charge is -2.40. The van der Waals surface area contributed by atoms with Crippen molar-refractivity contribution in [2.24, 2.45) is 0 Å². The van der Waals surface area contributed by atoms with Crippen LogP contribution in [0.25, 0.3) is 10.9 Å².